The maximum absolute atomic E-state index is 12.2. The van der Waals surface area contributed by atoms with Crippen LogP contribution in [-0.2, 0) is 19.5 Å². The molecule has 4 rings (SSSR count). The molecule has 0 atom stereocenters. The van der Waals surface area contributed by atoms with Crippen LogP contribution < -0.4 is 10.7 Å². The van der Waals surface area contributed by atoms with Gasteiger partial charge in [-0.15, -0.1) is 4.33 Å². The molecule has 218 valence electrons. The van der Waals surface area contributed by atoms with Crippen molar-refractivity contribution < 1.29 is 41.9 Å². The number of carboxylic acid groups (broad SMARTS) is 1. The highest BCUT2D eigenvalue weighted by atomic mass is 32.2. The minimum Gasteiger partial charge on any atom is -0.478 e. The van der Waals surface area contributed by atoms with Crippen molar-refractivity contribution in [3.63, 3.8) is 0 Å². The van der Waals surface area contributed by atoms with Gasteiger partial charge in [0.2, 0.25) is 0 Å². The van der Waals surface area contributed by atoms with E-state index in [0.717, 1.165) is 45.2 Å². The number of hydrogen-bond acceptors (Lipinski definition) is 10. The van der Waals surface area contributed by atoms with Crippen LogP contribution in [0.15, 0.2) is 57.9 Å². The minimum atomic E-state index is -4.05. The van der Waals surface area contributed by atoms with Crippen molar-refractivity contribution in [2.45, 2.75) is 26.7 Å². The summed E-state index contributed by atoms with van der Waals surface area (Å²) < 4.78 is 41.9. The zero-order valence-corrected chi connectivity index (χ0v) is 24.0. The first kappa shape index (κ1) is 30.5. The predicted molar refractivity (Wildman–Crippen MR) is 157 cm³/mol. The molecule has 0 saturated heterocycles. The molecule has 0 saturated carbocycles. The van der Waals surface area contributed by atoms with E-state index in [-0.39, 0.29) is 17.7 Å². The molecular formula is C28H30N2O9S2. The molecule has 0 radical (unpaired) electrons. The molecule has 2 aliphatic rings. The highest BCUT2D eigenvalue weighted by molar-refractivity contribution is 7.94. The molecule has 0 spiro atoms. The zero-order valence-electron chi connectivity index (χ0n) is 22.4. The summed E-state index contributed by atoms with van der Waals surface area (Å²) in [6, 6.07) is 14.3. The summed E-state index contributed by atoms with van der Waals surface area (Å²) >= 11 is 0.963. The third-order valence-corrected chi connectivity index (χ3v) is 7.87. The molecule has 4 N–H and O–H groups in total. The Labute approximate surface area is 241 Å². The van der Waals surface area contributed by atoms with Crippen molar-refractivity contribution in [3.8, 4) is 22.5 Å². The number of nitrogens with zero attached hydrogens (tertiary/aromatic N) is 1. The maximum atomic E-state index is 12.2. The first-order chi connectivity index (χ1) is 19.6. The van der Waals surface area contributed by atoms with Gasteiger partial charge in [0.1, 0.15) is 11.3 Å². The summed E-state index contributed by atoms with van der Waals surface area (Å²) in [4.78, 5) is 16.9. The highest BCUT2D eigenvalue weighted by Gasteiger charge is 2.22. The van der Waals surface area contributed by atoms with Crippen molar-refractivity contribution in [2.75, 3.05) is 29.9 Å². The van der Waals surface area contributed by atoms with Gasteiger partial charge in [0.15, 0.2) is 0 Å². The first-order valence-corrected chi connectivity index (χ1v) is 15.2. The number of nitrogens with one attached hydrogen (secondary N) is 1. The van der Waals surface area contributed by atoms with Gasteiger partial charge in [-0.05, 0) is 61.6 Å². The van der Waals surface area contributed by atoms with Crippen LogP contribution in [-0.4, -0.2) is 53.9 Å². The second-order valence-corrected chi connectivity index (χ2v) is 11.7. The standard InChI is InChI=1S/C28H30N2O9S2/c1-17-13-21-25(15-23(17)29-9-5-11-40-39-38-33)37-26-16-24(30-10-6-12-41(34,35)36)18(2)14-22(26)27(21)19-7-3-4-8-20(19)28(31)32/h3-4,7-8,13-16,30,33H,5-6,9-12H2,1-2H3,(H,31,32)(H,34,35,36). The number of hydrogen-bond donors (Lipinski definition) is 4. The summed E-state index contributed by atoms with van der Waals surface area (Å²) in [6.07, 6.45) is 0.883. The topological polar surface area (TPSA) is 168 Å². The fourth-order valence-electron chi connectivity index (χ4n) is 4.58. The molecular weight excluding hydrogens is 572 g/mol. The van der Waals surface area contributed by atoms with E-state index in [4.69, 9.17) is 14.2 Å². The largest absolute Gasteiger partial charge is 0.478 e. The van der Waals surface area contributed by atoms with Gasteiger partial charge in [-0.3, -0.25) is 9.55 Å². The van der Waals surface area contributed by atoms with Crippen molar-refractivity contribution in [2.24, 2.45) is 4.99 Å². The van der Waals surface area contributed by atoms with E-state index in [1.807, 2.05) is 38.1 Å². The molecule has 0 bridgehead atoms. The van der Waals surface area contributed by atoms with E-state index in [0.29, 0.717) is 47.7 Å². The van der Waals surface area contributed by atoms with Crippen molar-refractivity contribution in [1.82, 2.24) is 0 Å². The van der Waals surface area contributed by atoms with Gasteiger partial charge >= 0.3 is 5.97 Å². The molecule has 0 aromatic heterocycles. The zero-order chi connectivity index (χ0) is 29.6. The van der Waals surface area contributed by atoms with Gasteiger partial charge < -0.3 is 14.8 Å². The van der Waals surface area contributed by atoms with Gasteiger partial charge in [-0.2, -0.15) is 8.42 Å². The Morgan fingerprint density at radius 3 is 2.59 bits per heavy atom. The van der Waals surface area contributed by atoms with E-state index in [1.165, 1.54) is 0 Å². The number of aromatic carboxylic acids is 1. The third kappa shape index (κ3) is 7.64. The second kappa shape index (κ2) is 13.5. The lowest BCUT2D eigenvalue weighted by molar-refractivity contribution is -0.432. The van der Waals surface area contributed by atoms with Crippen LogP contribution in [0.5, 0.6) is 0 Å². The van der Waals surface area contributed by atoms with Gasteiger partial charge in [0, 0.05) is 65.2 Å². The summed E-state index contributed by atoms with van der Waals surface area (Å²) in [5.41, 5.74) is 5.12. The van der Waals surface area contributed by atoms with Crippen LogP contribution in [0.3, 0.4) is 0 Å². The summed E-state index contributed by atoms with van der Waals surface area (Å²) in [6.45, 7) is 4.63. The Kier molecular flexibility index (Phi) is 10.0. The molecule has 0 amide bonds. The molecule has 0 fully saturated rings. The first-order valence-electron chi connectivity index (χ1n) is 12.7. The van der Waals surface area contributed by atoms with Crippen LogP contribution in [0.2, 0.25) is 0 Å². The van der Waals surface area contributed by atoms with E-state index in [1.54, 1.807) is 24.3 Å². The number of fused-ring (bicyclic) bond motifs is 2. The molecule has 0 unspecified atom stereocenters. The Morgan fingerprint density at radius 1 is 1.07 bits per heavy atom. The summed E-state index contributed by atoms with van der Waals surface area (Å²) in [7, 11) is -4.05. The summed E-state index contributed by atoms with van der Waals surface area (Å²) in [5.74, 6) is -0.330. The number of anilines is 1. The molecule has 1 heterocycles. The van der Waals surface area contributed by atoms with Gasteiger partial charge in [0.25, 0.3) is 10.1 Å². The highest BCUT2D eigenvalue weighted by Crippen LogP contribution is 2.42. The number of rotatable bonds is 13. The quantitative estimate of drug-likeness (QED) is 0.0377. The van der Waals surface area contributed by atoms with Crippen molar-refractivity contribution in [1.29, 1.82) is 0 Å². The average molecular weight is 603 g/mol. The summed E-state index contributed by atoms with van der Waals surface area (Å²) in [5, 5.41) is 26.4. The average Bonchev–Trinajstić information content (AvgIpc) is 2.92. The molecule has 41 heavy (non-hydrogen) atoms. The molecule has 2 aromatic rings. The maximum Gasteiger partial charge on any atom is 0.336 e. The monoisotopic (exact) mass is 602 g/mol. The van der Waals surface area contributed by atoms with Crippen LogP contribution in [0.4, 0.5) is 5.69 Å². The molecule has 2 aromatic carbocycles. The Morgan fingerprint density at radius 2 is 1.85 bits per heavy atom. The van der Waals surface area contributed by atoms with Crippen LogP contribution >= 0.6 is 12.0 Å². The molecule has 1 aliphatic heterocycles. The molecule has 1 aliphatic carbocycles. The van der Waals surface area contributed by atoms with Crippen LogP contribution in [0.1, 0.15) is 34.3 Å². The van der Waals surface area contributed by atoms with E-state index in [9.17, 15) is 18.3 Å². The molecule has 13 heteroatoms. The van der Waals surface area contributed by atoms with Crippen molar-refractivity contribution >= 4 is 44.8 Å². The van der Waals surface area contributed by atoms with E-state index in [2.05, 4.69) is 19.7 Å². The van der Waals surface area contributed by atoms with E-state index >= 15 is 0 Å². The lowest BCUT2D eigenvalue weighted by atomic mass is 9.89. The van der Waals surface area contributed by atoms with Crippen LogP contribution in [0, 0.1) is 13.8 Å². The number of carbonyl (C=O) groups is 1. The Hall–Kier alpha value is -3.46. The van der Waals surface area contributed by atoms with Gasteiger partial charge in [-0.1, -0.05) is 23.2 Å². The fraction of sp³-hybridized carbons (Fsp3) is 0.286. The van der Waals surface area contributed by atoms with Gasteiger partial charge in [0.05, 0.1) is 16.7 Å². The lowest BCUT2D eigenvalue weighted by Crippen LogP contribution is -2.11. The van der Waals surface area contributed by atoms with Crippen LogP contribution in [0.25, 0.3) is 33.4 Å². The number of benzene rings is 3. The lowest BCUT2D eigenvalue weighted by Gasteiger charge is -2.19. The number of aryl methyl sites for hydroxylation is 2. The smallest absolute Gasteiger partial charge is 0.336 e. The van der Waals surface area contributed by atoms with E-state index < -0.39 is 16.1 Å². The van der Waals surface area contributed by atoms with Gasteiger partial charge in [-0.25, -0.2) is 10.1 Å². The minimum absolute atomic E-state index is 0.157. The van der Waals surface area contributed by atoms with Crippen molar-refractivity contribution in [3.05, 3.63) is 70.6 Å². The fourth-order valence-corrected chi connectivity index (χ4v) is 5.45. The predicted octanol–water partition coefficient (Wildman–Crippen LogP) is 5.57. The number of carboxylic acids is 1. The Balaban J connectivity index is 1.85. The normalized spacial score (nSPS) is 12.3. The molecule has 11 nitrogen and oxygen atoms in total. The second-order valence-electron chi connectivity index (χ2n) is 9.39. The SMILES string of the molecule is Cc1cc2c(-c3ccccc3C(=O)O)c3cc(C)c(=NCCCSOOO)cc-3oc2cc1NCCCS(=O)(=O)O. The Bertz CT molecular complexity index is 1700. The third-order valence-electron chi connectivity index (χ3n) is 6.45.